The summed E-state index contributed by atoms with van der Waals surface area (Å²) in [5.41, 5.74) is 0. The van der Waals surface area contributed by atoms with Crippen molar-refractivity contribution in [2.45, 2.75) is 0 Å². The minimum absolute atomic E-state index is 0.582. The molecule has 1 aromatic carbocycles. The Balaban J connectivity index is 2.35. The first-order valence-electron chi connectivity index (χ1n) is 3.79. The van der Waals surface area contributed by atoms with Crippen LogP contribution in [0.2, 0.25) is 0 Å². The molecule has 1 aromatic rings. The van der Waals surface area contributed by atoms with E-state index in [9.17, 15) is 0 Å². The van der Waals surface area contributed by atoms with E-state index in [1.165, 1.54) is 0 Å². The number of benzene rings is 1. The maximum absolute atomic E-state index is 5.78. The van der Waals surface area contributed by atoms with Crippen LogP contribution in [0.3, 0.4) is 0 Å². The fraction of sp³-hybridized carbons (Fsp3) is 0.250. The fourth-order valence-corrected chi connectivity index (χ4v) is 2.17. The number of halogens is 2. The molecule has 0 radical (unpaired) electrons. The first kappa shape index (κ1) is 9.39. The van der Waals surface area contributed by atoms with Crippen LogP contribution in [0.4, 0.5) is 0 Å². The van der Waals surface area contributed by atoms with E-state index in [1.807, 2.05) is 18.2 Å². The zero-order valence-electron chi connectivity index (χ0n) is 6.67. The van der Waals surface area contributed by atoms with Crippen LogP contribution in [0.25, 0.3) is 0 Å². The van der Waals surface area contributed by atoms with E-state index in [0.29, 0.717) is 13.2 Å². The van der Waals surface area contributed by atoms with Gasteiger partial charge in [-0.2, -0.15) is 0 Å². The minimum atomic E-state index is -1.10. The molecular formula is C8H7Cl2O2P. The number of rotatable bonds is 1. The Kier molecular flexibility index (Phi) is 2.83. The number of hydrogen-bond donors (Lipinski definition) is 0. The maximum atomic E-state index is 5.78. The van der Waals surface area contributed by atoms with Gasteiger partial charge >= 0.3 is 0 Å². The average molecular weight is 237 g/mol. The lowest BCUT2D eigenvalue weighted by molar-refractivity contribution is 0.172. The second kappa shape index (κ2) is 3.91. The molecule has 0 bridgehead atoms. The molecule has 5 heteroatoms. The van der Waals surface area contributed by atoms with Crippen LogP contribution in [0.5, 0.6) is 11.5 Å². The summed E-state index contributed by atoms with van der Waals surface area (Å²) in [6.07, 6.45) is 0. The van der Waals surface area contributed by atoms with Gasteiger partial charge in [-0.15, -0.1) is 0 Å². The van der Waals surface area contributed by atoms with E-state index in [4.69, 9.17) is 32.0 Å². The zero-order chi connectivity index (χ0) is 9.26. The molecule has 1 aliphatic rings. The first-order chi connectivity index (χ1) is 6.27. The molecule has 0 spiro atoms. The van der Waals surface area contributed by atoms with Crippen molar-refractivity contribution in [2.24, 2.45) is 0 Å². The van der Waals surface area contributed by atoms with Crippen LogP contribution >= 0.6 is 29.1 Å². The molecule has 1 heterocycles. The van der Waals surface area contributed by atoms with Crippen LogP contribution < -0.4 is 14.8 Å². The minimum Gasteiger partial charge on any atom is -0.486 e. The summed E-state index contributed by atoms with van der Waals surface area (Å²) in [7, 11) is 0. The van der Waals surface area contributed by atoms with Crippen molar-refractivity contribution in [1.82, 2.24) is 0 Å². The van der Waals surface area contributed by atoms with Crippen LogP contribution in [0.1, 0.15) is 0 Å². The van der Waals surface area contributed by atoms with Gasteiger partial charge < -0.3 is 9.47 Å². The quantitative estimate of drug-likeness (QED) is 0.699. The Morgan fingerprint density at radius 3 is 2.46 bits per heavy atom. The van der Waals surface area contributed by atoms with Gasteiger partial charge in [-0.05, 0) is 18.2 Å². The predicted molar refractivity (Wildman–Crippen MR) is 55.7 cm³/mol. The summed E-state index contributed by atoms with van der Waals surface area (Å²) >= 11 is 11.6. The van der Waals surface area contributed by atoms with E-state index in [-0.39, 0.29) is 0 Å². The molecule has 0 fully saturated rings. The average Bonchev–Trinajstić information content (AvgIpc) is 2.17. The van der Waals surface area contributed by atoms with E-state index in [0.717, 1.165) is 16.8 Å². The number of hydrogen-bond acceptors (Lipinski definition) is 2. The summed E-state index contributed by atoms with van der Waals surface area (Å²) in [4.78, 5) is 0. The predicted octanol–water partition coefficient (Wildman–Crippen LogP) is 2.87. The van der Waals surface area contributed by atoms with Crippen molar-refractivity contribution in [3.63, 3.8) is 0 Å². The van der Waals surface area contributed by atoms with Crippen LogP contribution in [-0.2, 0) is 0 Å². The van der Waals surface area contributed by atoms with E-state index >= 15 is 0 Å². The normalized spacial score (nSPS) is 14.7. The summed E-state index contributed by atoms with van der Waals surface area (Å²) < 4.78 is 10.7. The third kappa shape index (κ3) is 2.01. The van der Waals surface area contributed by atoms with Gasteiger partial charge in [-0.3, -0.25) is 0 Å². The van der Waals surface area contributed by atoms with Gasteiger partial charge in [0.15, 0.2) is 11.5 Å². The van der Waals surface area contributed by atoms with Gasteiger partial charge in [0.05, 0.1) is 0 Å². The second-order valence-electron chi connectivity index (χ2n) is 2.56. The molecule has 1 aliphatic heterocycles. The highest BCUT2D eigenvalue weighted by molar-refractivity contribution is 8.08. The molecule has 0 amide bonds. The summed E-state index contributed by atoms with van der Waals surface area (Å²) in [6.45, 7) is 0.0804. The Labute approximate surface area is 87.1 Å². The molecule has 0 unspecified atom stereocenters. The second-order valence-corrected chi connectivity index (χ2v) is 6.09. The molecule has 0 N–H and O–H groups in total. The van der Waals surface area contributed by atoms with Crippen molar-refractivity contribution >= 4 is 34.4 Å². The molecule has 70 valence electrons. The fourth-order valence-electron chi connectivity index (χ4n) is 1.14. The van der Waals surface area contributed by atoms with E-state index < -0.39 is 6.63 Å². The molecule has 2 nitrogen and oxygen atoms in total. The van der Waals surface area contributed by atoms with Gasteiger partial charge in [-0.1, -0.05) is 22.5 Å². The summed E-state index contributed by atoms with van der Waals surface area (Å²) in [5, 5.41) is 0.891. The topological polar surface area (TPSA) is 18.5 Å². The smallest absolute Gasteiger partial charge is 0.162 e. The van der Waals surface area contributed by atoms with Gasteiger partial charge in [0.25, 0.3) is 0 Å². The SMILES string of the molecule is ClP(Cl)c1ccc2c(c1)OCCO2. The standard InChI is InChI=1S/C8H7Cl2O2P/c9-13(10)6-1-2-7-8(5-6)12-4-3-11-7/h1-2,5H,3-4H2. The number of ether oxygens (including phenoxy) is 2. The van der Waals surface area contributed by atoms with Crippen molar-refractivity contribution in [3.8, 4) is 11.5 Å². The van der Waals surface area contributed by atoms with Crippen molar-refractivity contribution < 1.29 is 9.47 Å². The van der Waals surface area contributed by atoms with Gasteiger partial charge in [0.2, 0.25) is 0 Å². The molecule has 0 aromatic heterocycles. The van der Waals surface area contributed by atoms with Crippen molar-refractivity contribution in [3.05, 3.63) is 18.2 Å². The van der Waals surface area contributed by atoms with Crippen molar-refractivity contribution in [1.29, 1.82) is 0 Å². The third-order valence-corrected chi connectivity index (χ3v) is 3.56. The summed E-state index contributed by atoms with van der Waals surface area (Å²) in [6, 6.07) is 5.53. The highest BCUT2D eigenvalue weighted by atomic mass is 35.9. The zero-order valence-corrected chi connectivity index (χ0v) is 9.07. The lowest BCUT2D eigenvalue weighted by Gasteiger charge is -2.18. The Hall–Kier alpha value is -0.170. The van der Waals surface area contributed by atoms with E-state index in [2.05, 4.69) is 0 Å². The monoisotopic (exact) mass is 236 g/mol. The largest absolute Gasteiger partial charge is 0.486 e. The molecule has 2 rings (SSSR count). The lowest BCUT2D eigenvalue weighted by atomic mass is 10.3. The Morgan fingerprint density at radius 1 is 1.08 bits per heavy atom. The molecule has 13 heavy (non-hydrogen) atoms. The van der Waals surface area contributed by atoms with Crippen LogP contribution in [0, 0.1) is 0 Å². The Bertz CT molecular complexity index is 317. The van der Waals surface area contributed by atoms with Crippen LogP contribution in [0.15, 0.2) is 18.2 Å². The van der Waals surface area contributed by atoms with Gasteiger partial charge in [0.1, 0.15) is 19.8 Å². The van der Waals surface area contributed by atoms with Crippen molar-refractivity contribution in [2.75, 3.05) is 13.2 Å². The van der Waals surface area contributed by atoms with Crippen LogP contribution in [-0.4, -0.2) is 13.2 Å². The van der Waals surface area contributed by atoms with Gasteiger partial charge in [0, 0.05) is 5.30 Å². The highest BCUT2D eigenvalue weighted by Crippen LogP contribution is 2.46. The molecular weight excluding hydrogens is 230 g/mol. The molecule has 0 saturated carbocycles. The summed E-state index contributed by atoms with van der Waals surface area (Å²) in [5.74, 6) is 1.50. The Morgan fingerprint density at radius 2 is 1.77 bits per heavy atom. The maximum Gasteiger partial charge on any atom is 0.162 e. The third-order valence-electron chi connectivity index (χ3n) is 1.72. The molecule has 0 aliphatic carbocycles. The van der Waals surface area contributed by atoms with E-state index in [1.54, 1.807) is 0 Å². The number of fused-ring (bicyclic) bond motifs is 1. The highest BCUT2D eigenvalue weighted by Gasteiger charge is 2.13. The molecule has 0 atom stereocenters. The lowest BCUT2D eigenvalue weighted by Crippen LogP contribution is -2.16. The van der Waals surface area contributed by atoms with Gasteiger partial charge in [-0.25, -0.2) is 0 Å². The molecule has 0 saturated heterocycles. The first-order valence-corrected chi connectivity index (χ1v) is 6.94.